The summed E-state index contributed by atoms with van der Waals surface area (Å²) >= 11 is 0. The minimum absolute atomic E-state index is 0.149. The van der Waals surface area contributed by atoms with Crippen molar-refractivity contribution in [2.45, 2.75) is 13.2 Å². The monoisotopic (exact) mass is 308 g/mol. The summed E-state index contributed by atoms with van der Waals surface area (Å²) in [5.74, 6) is 1.21. The van der Waals surface area contributed by atoms with Crippen molar-refractivity contribution in [1.82, 2.24) is 10.5 Å². The smallest absolute Gasteiger partial charge is 0.251 e. The molecule has 1 amide bonds. The second-order valence-electron chi connectivity index (χ2n) is 4.93. The summed E-state index contributed by atoms with van der Waals surface area (Å²) in [7, 11) is 0. The van der Waals surface area contributed by atoms with Crippen LogP contribution in [0.1, 0.15) is 21.8 Å². The van der Waals surface area contributed by atoms with E-state index in [1.165, 1.54) is 0 Å². The van der Waals surface area contributed by atoms with Crippen molar-refractivity contribution in [3.63, 3.8) is 0 Å². The molecule has 23 heavy (non-hydrogen) atoms. The fourth-order valence-corrected chi connectivity index (χ4v) is 2.04. The number of hydrogen-bond acceptors (Lipinski definition) is 4. The van der Waals surface area contributed by atoms with Gasteiger partial charge in [0.05, 0.1) is 6.54 Å². The molecule has 0 atom stereocenters. The fraction of sp³-hybridized carbons (Fsp3) is 0.111. The first-order valence-electron chi connectivity index (χ1n) is 7.27. The molecule has 0 saturated heterocycles. The number of amides is 1. The van der Waals surface area contributed by atoms with Crippen LogP contribution in [-0.4, -0.2) is 11.1 Å². The van der Waals surface area contributed by atoms with Crippen LogP contribution in [0, 0.1) is 0 Å². The molecule has 0 bridgehead atoms. The quantitative estimate of drug-likeness (QED) is 0.759. The molecular weight excluding hydrogens is 292 g/mol. The zero-order chi connectivity index (χ0) is 15.9. The van der Waals surface area contributed by atoms with Crippen LogP contribution in [0.25, 0.3) is 0 Å². The van der Waals surface area contributed by atoms with Gasteiger partial charge in [-0.2, -0.15) is 0 Å². The Morgan fingerprint density at radius 1 is 1.04 bits per heavy atom. The maximum absolute atomic E-state index is 11.9. The van der Waals surface area contributed by atoms with Crippen LogP contribution in [0.15, 0.2) is 71.3 Å². The van der Waals surface area contributed by atoms with Gasteiger partial charge in [-0.15, -0.1) is 0 Å². The zero-order valence-corrected chi connectivity index (χ0v) is 12.4. The van der Waals surface area contributed by atoms with E-state index in [1.807, 2.05) is 48.5 Å². The third kappa shape index (κ3) is 4.20. The van der Waals surface area contributed by atoms with Gasteiger partial charge in [0.1, 0.15) is 18.1 Å². The van der Waals surface area contributed by atoms with E-state index in [9.17, 15) is 4.79 Å². The second-order valence-corrected chi connectivity index (χ2v) is 4.93. The van der Waals surface area contributed by atoms with Crippen molar-refractivity contribution in [3.05, 3.63) is 83.7 Å². The van der Waals surface area contributed by atoms with Crippen LogP contribution in [-0.2, 0) is 13.2 Å². The summed E-state index contributed by atoms with van der Waals surface area (Å²) in [4.78, 5) is 11.9. The maximum Gasteiger partial charge on any atom is 0.251 e. The number of hydrogen-bond donors (Lipinski definition) is 1. The van der Waals surface area contributed by atoms with Crippen molar-refractivity contribution in [2.75, 3.05) is 0 Å². The molecule has 1 N–H and O–H groups in total. The highest BCUT2D eigenvalue weighted by Gasteiger charge is 2.08. The van der Waals surface area contributed by atoms with E-state index in [4.69, 9.17) is 9.26 Å². The number of carbonyl (C=O) groups excluding carboxylic acids is 1. The van der Waals surface area contributed by atoms with Crippen molar-refractivity contribution in [3.8, 4) is 5.75 Å². The van der Waals surface area contributed by atoms with E-state index in [0.717, 1.165) is 5.75 Å². The zero-order valence-electron chi connectivity index (χ0n) is 12.4. The number of para-hydroxylation sites is 1. The lowest BCUT2D eigenvalue weighted by atomic mass is 10.2. The normalized spacial score (nSPS) is 10.3. The first-order chi connectivity index (χ1) is 11.3. The van der Waals surface area contributed by atoms with Gasteiger partial charge in [0, 0.05) is 11.6 Å². The first kappa shape index (κ1) is 14.8. The lowest BCUT2D eigenvalue weighted by molar-refractivity contribution is 0.0947. The summed E-state index contributed by atoms with van der Waals surface area (Å²) in [6, 6.07) is 20.3. The predicted molar refractivity (Wildman–Crippen MR) is 84.9 cm³/mol. The minimum Gasteiger partial charge on any atom is -0.487 e. The Hall–Kier alpha value is -3.08. The van der Waals surface area contributed by atoms with Gasteiger partial charge in [-0.25, -0.2) is 0 Å². The number of carbonyl (C=O) groups is 1. The van der Waals surface area contributed by atoms with E-state index in [0.29, 0.717) is 23.6 Å². The van der Waals surface area contributed by atoms with E-state index >= 15 is 0 Å². The van der Waals surface area contributed by atoms with E-state index in [-0.39, 0.29) is 12.5 Å². The maximum atomic E-state index is 11.9. The van der Waals surface area contributed by atoms with Crippen molar-refractivity contribution < 1.29 is 14.1 Å². The third-order valence-corrected chi connectivity index (χ3v) is 3.20. The van der Waals surface area contributed by atoms with Gasteiger partial charge < -0.3 is 14.6 Å². The molecule has 0 aliphatic rings. The van der Waals surface area contributed by atoms with Gasteiger partial charge in [0.2, 0.25) is 0 Å². The van der Waals surface area contributed by atoms with Gasteiger partial charge in [0.25, 0.3) is 5.91 Å². The molecule has 0 aliphatic heterocycles. The third-order valence-electron chi connectivity index (χ3n) is 3.20. The van der Waals surface area contributed by atoms with E-state index in [1.54, 1.807) is 18.2 Å². The summed E-state index contributed by atoms with van der Waals surface area (Å²) in [6.45, 7) is 0.603. The Kier molecular flexibility index (Phi) is 4.69. The average molecular weight is 308 g/mol. The molecule has 0 unspecified atom stereocenters. The summed E-state index contributed by atoms with van der Waals surface area (Å²) in [6.07, 6.45) is 0. The van der Waals surface area contributed by atoms with Gasteiger partial charge in [0.15, 0.2) is 5.76 Å². The minimum atomic E-state index is -0.149. The Morgan fingerprint density at radius 3 is 2.48 bits per heavy atom. The van der Waals surface area contributed by atoms with Gasteiger partial charge in [-0.05, 0) is 24.3 Å². The largest absolute Gasteiger partial charge is 0.487 e. The molecule has 5 nitrogen and oxygen atoms in total. The SMILES string of the molecule is O=C(NCc1cc(COc2ccccc2)no1)c1ccccc1. The molecule has 5 heteroatoms. The average Bonchev–Trinajstić information content (AvgIpc) is 3.07. The van der Waals surface area contributed by atoms with Gasteiger partial charge in [-0.3, -0.25) is 4.79 Å². The van der Waals surface area contributed by atoms with Gasteiger partial charge in [-0.1, -0.05) is 41.6 Å². The van der Waals surface area contributed by atoms with Crippen LogP contribution in [0.2, 0.25) is 0 Å². The summed E-state index contributed by atoms with van der Waals surface area (Å²) in [5.41, 5.74) is 1.29. The standard InChI is InChI=1S/C18H16N2O3/c21-18(14-7-3-1-4-8-14)19-12-17-11-15(20-23-17)13-22-16-9-5-2-6-10-16/h1-11H,12-13H2,(H,19,21). The molecule has 3 aromatic rings. The molecule has 0 radical (unpaired) electrons. The molecule has 1 aromatic heterocycles. The van der Waals surface area contributed by atoms with Crippen LogP contribution in [0.4, 0.5) is 0 Å². The highest BCUT2D eigenvalue weighted by Crippen LogP contribution is 2.12. The van der Waals surface area contributed by atoms with Crippen LogP contribution in [0.5, 0.6) is 5.75 Å². The highest BCUT2D eigenvalue weighted by atomic mass is 16.5. The fourth-order valence-electron chi connectivity index (χ4n) is 2.04. The van der Waals surface area contributed by atoms with Crippen molar-refractivity contribution >= 4 is 5.91 Å². The summed E-state index contributed by atoms with van der Waals surface area (Å²) < 4.78 is 10.8. The van der Waals surface area contributed by atoms with Crippen molar-refractivity contribution in [2.24, 2.45) is 0 Å². The Balaban J connectivity index is 1.50. The van der Waals surface area contributed by atoms with E-state index in [2.05, 4.69) is 10.5 Å². The highest BCUT2D eigenvalue weighted by molar-refractivity contribution is 5.93. The Morgan fingerprint density at radius 2 is 1.74 bits per heavy atom. The lowest BCUT2D eigenvalue weighted by Gasteiger charge is -2.02. The number of benzene rings is 2. The molecule has 1 heterocycles. The predicted octanol–water partition coefficient (Wildman–Crippen LogP) is 3.18. The van der Waals surface area contributed by atoms with Crippen LogP contribution in [0.3, 0.4) is 0 Å². The second kappa shape index (κ2) is 7.26. The molecule has 2 aromatic carbocycles. The first-order valence-corrected chi connectivity index (χ1v) is 7.27. The Bertz CT molecular complexity index is 754. The van der Waals surface area contributed by atoms with E-state index < -0.39 is 0 Å². The number of ether oxygens (including phenoxy) is 1. The molecule has 116 valence electrons. The van der Waals surface area contributed by atoms with Crippen LogP contribution < -0.4 is 10.1 Å². The summed E-state index contributed by atoms with van der Waals surface area (Å²) in [5, 5.41) is 6.72. The molecule has 0 spiro atoms. The molecular formula is C18H16N2O3. The molecule has 3 rings (SSSR count). The number of rotatable bonds is 6. The lowest BCUT2D eigenvalue weighted by Crippen LogP contribution is -2.22. The molecule has 0 saturated carbocycles. The number of aromatic nitrogens is 1. The Labute approximate surface area is 133 Å². The van der Waals surface area contributed by atoms with Crippen molar-refractivity contribution in [1.29, 1.82) is 0 Å². The van der Waals surface area contributed by atoms with Gasteiger partial charge >= 0.3 is 0 Å². The molecule has 0 aliphatic carbocycles. The molecule has 0 fully saturated rings. The van der Waals surface area contributed by atoms with Crippen LogP contribution >= 0.6 is 0 Å². The topological polar surface area (TPSA) is 64.4 Å². The number of nitrogens with zero attached hydrogens (tertiary/aromatic N) is 1. The number of nitrogens with one attached hydrogen (secondary N) is 1.